The predicted octanol–water partition coefficient (Wildman–Crippen LogP) is 0.457. The van der Waals surface area contributed by atoms with E-state index in [-0.39, 0.29) is 17.7 Å². The molecule has 1 rings (SSSR count). The summed E-state index contributed by atoms with van der Waals surface area (Å²) in [5.41, 5.74) is 0. The van der Waals surface area contributed by atoms with E-state index < -0.39 is 0 Å². The van der Waals surface area contributed by atoms with E-state index in [0.717, 1.165) is 19.6 Å². The Labute approximate surface area is 78.3 Å². The van der Waals surface area contributed by atoms with Crippen LogP contribution in [0.1, 0.15) is 13.3 Å². The first-order valence-electron chi connectivity index (χ1n) is 4.22. The molecule has 3 nitrogen and oxygen atoms in total. The highest BCUT2D eigenvalue weighted by Crippen LogP contribution is 2.16. The van der Waals surface area contributed by atoms with Crippen LogP contribution in [-0.2, 0) is 9.53 Å². The highest BCUT2D eigenvalue weighted by atomic mass is 32.1. The number of hydrogen-bond donors (Lipinski definition) is 2. The van der Waals surface area contributed by atoms with E-state index in [4.69, 9.17) is 4.74 Å². The molecule has 12 heavy (non-hydrogen) atoms. The van der Waals surface area contributed by atoms with Gasteiger partial charge in [0.25, 0.3) is 0 Å². The minimum atomic E-state index is -0.00210. The molecule has 1 saturated heterocycles. The summed E-state index contributed by atoms with van der Waals surface area (Å²) < 4.78 is 5.22. The lowest BCUT2D eigenvalue weighted by Gasteiger charge is -2.18. The van der Waals surface area contributed by atoms with Crippen LogP contribution in [-0.4, -0.2) is 30.9 Å². The van der Waals surface area contributed by atoms with E-state index in [1.807, 2.05) is 6.92 Å². The van der Waals surface area contributed by atoms with E-state index in [1.54, 1.807) is 0 Å². The summed E-state index contributed by atoms with van der Waals surface area (Å²) in [5, 5.41) is 2.88. The Bertz CT molecular complexity index is 157. The zero-order valence-electron chi connectivity index (χ0n) is 7.25. The Kier molecular flexibility index (Phi) is 3.88. The molecular formula is C8H15NO2S. The van der Waals surface area contributed by atoms with Crippen LogP contribution in [0, 0.1) is 5.92 Å². The van der Waals surface area contributed by atoms with Crippen LogP contribution in [0.3, 0.4) is 0 Å². The number of rotatable bonds is 3. The van der Waals surface area contributed by atoms with Gasteiger partial charge in [0.15, 0.2) is 0 Å². The first-order valence-corrected chi connectivity index (χ1v) is 4.85. The molecule has 0 aromatic carbocycles. The summed E-state index contributed by atoms with van der Waals surface area (Å²) in [4.78, 5) is 11.0. The zero-order chi connectivity index (χ0) is 8.97. The molecule has 1 aliphatic heterocycles. The van der Waals surface area contributed by atoms with Crippen molar-refractivity contribution in [2.45, 2.75) is 19.4 Å². The quantitative estimate of drug-likeness (QED) is 0.633. The van der Waals surface area contributed by atoms with Crippen molar-refractivity contribution < 1.29 is 9.53 Å². The molecule has 0 saturated carbocycles. The van der Waals surface area contributed by atoms with E-state index in [1.165, 1.54) is 0 Å². The molecule has 2 unspecified atom stereocenters. The molecule has 0 bridgehead atoms. The topological polar surface area (TPSA) is 38.3 Å². The lowest BCUT2D eigenvalue weighted by molar-refractivity contribution is -0.119. The predicted molar refractivity (Wildman–Crippen MR) is 50.4 cm³/mol. The number of amides is 1. The molecule has 1 fully saturated rings. The molecule has 0 aromatic heterocycles. The minimum Gasteiger partial charge on any atom is -0.381 e. The SMILES string of the molecule is CC(NC(=O)CS)C1CCOC1. The van der Waals surface area contributed by atoms with Crippen molar-refractivity contribution in [3.63, 3.8) is 0 Å². The van der Waals surface area contributed by atoms with Gasteiger partial charge in [0, 0.05) is 18.6 Å². The number of carbonyl (C=O) groups is 1. The first kappa shape index (κ1) is 9.86. The summed E-state index contributed by atoms with van der Waals surface area (Å²) in [5.74, 6) is 0.740. The third-order valence-electron chi connectivity index (χ3n) is 2.20. The monoisotopic (exact) mass is 189 g/mol. The molecule has 0 spiro atoms. The summed E-state index contributed by atoms with van der Waals surface area (Å²) >= 11 is 3.89. The molecule has 70 valence electrons. The van der Waals surface area contributed by atoms with Crippen molar-refractivity contribution in [2.75, 3.05) is 19.0 Å². The molecule has 0 aromatic rings. The van der Waals surface area contributed by atoms with Gasteiger partial charge in [-0.1, -0.05) is 0 Å². The molecule has 0 aliphatic carbocycles. The molecule has 1 amide bonds. The highest BCUT2D eigenvalue weighted by Gasteiger charge is 2.22. The van der Waals surface area contributed by atoms with Gasteiger partial charge in [-0.2, -0.15) is 12.6 Å². The van der Waals surface area contributed by atoms with Crippen molar-refractivity contribution in [3.8, 4) is 0 Å². The van der Waals surface area contributed by atoms with Crippen LogP contribution >= 0.6 is 12.6 Å². The molecule has 2 atom stereocenters. The average molecular weight is 189 g/mol. The summed E-state index contributed by atoms with van der Waals surface area (Å²) in [6.45, 7) is 3.61. The second kappa shape index (κ2) is 4.72. The Hall–Kier alpha value is -0.220. The van der Waals surface area contributed by atoms with E-state index in [2.05, 4.69) is 17.9 Å². The molecular weight excluding hydrogens is 174 g/mol. The standard InChI is InChI=1S/C8H15NO2S/c1-6(9-8(10)5-12)7-2-3-11-4-7/h6-7,12H,2-5H2,1H3,(H,9,10). The zero-order valence-corrected chi connectivity index (χ0v) is 8.14. The van der Waals surface area contributed by atoms with Gasteiger partial charge in [-0.25, -0.2) is 0 Å². The molecule has 4 heteroatoms. The fourth-order valence-corrected chi connectivity index (χ4v) is 1.46. The van der Waals surface area contributed by atoms with Crippen LogP contribution in [0.5, 0.6) is 0 Å². The van der Waals surface area contributed by atoms with Crippen LogP contribution in [0.4, 0.5) is 0 Å². The lowest BCUT2D eigenvalue weighted by atomic mass is 10.0. The van der Waals surface area contributed by atoms with Gasteiger partial charge >= 0.3 is 0 Å². The third kappa shape index (κ3) is 2.68. The number of ether oxygens (including phenoxy) is 1. The van der Waals surface area contributed by atoms with Crippen LogP contribution in [0.2, 0.25) is 0 Å². The third-order valence-corrected chi connectivity index (χ3v) is 2.49. The Balaban J connectivity index is 2.26. The molecule has 1 aliphatic rings. The summed E-state index contributed by atoms with van der Waals surface area (Å²) in [6.07, 6.45) is 1.05. The van der Waals surface area contributed by atoms with Crippen molar-refractivity contribution in [1.29, 1.82) is 0 Å². The molecule has 1 heterocycles. The van der Waals surface area contributed by atoms with Crippen LogP contribution in [0.15, 0.2) is 0 Å². The fourth-order valence-electron chi connectivity index (χ4n) is 1.36. The molecule has 0 radical (unpaired) electrons. The number of nitrogens with one attached hydrogen (secondary N) is 1. The van der Waals surface area contributed by atoms with Gasteiger partial charge in [0.05, 0.1) is 12.4 Å². The Morgan fingerprint density at radius 3 is 3.08 bits per heavy atom. The van der Waals surface area contributed by atoms with Crippen LogP contribution < -0.4 is 5.32 Å². The minimum absolute atomic E-state index is 0.00210. The largest absolute Gasteiger partial charge is 0.381 e. The van der Waals surface area contributed by atoms with Gasteiger partial charge < -0.3 is 10.1 Å². The maximum atomic E-state index is 11.0. The van der Waals surface area contributed by atoms with Crippen molar-refractivity contribution in [3.05, 3.63) is 0 Å². The van der Waals surface area contributed by atoms with Crippen molar-refractivity contribution >= 4 is 18.5 Å². The van der Waals surface area contributed by atoms with E-state index in [9.17, 15) is 4.79 Å². The van der Waals surface area contributed by atoms with Crippen molar-refractivity contribution in [1.82, 2.24) is 5.32 Å². The normalized spacial score (nSPS) is 25.3. The van der Waals surface area contributed by atoms with E-state index >= 15 is 0 Å². The van der Waals surface area contributed by atoms with Gasteiger partial charge in [0.1, 0.15) is 0 Å². The van der Waals surface area contributed by atoms with Gasteiger partial charge in [0.2, 0.25) is 5.91 Å². The Morgan fingerprint density at radius 2 is 2.58 bits per heavy atom. The maximum Gasteiger partial charge on any atom is 0.229 e. The van der Waals surface area contributed by atoms with E-state index in [0.29, 0.717) is 5.92 Å². The Morgan fingerprint density at radius 1 is 1.83 bits per heavy atom. The number of hydrogen-bond acceptors (Lipinski definition) is 3. The maximum absolute atomic E-state index is 11.0. The van der Waals surface area contributed by atoms with Gasteiger partial charge in [-0.05, 0) is 13.3 Å². The van der Waals surface area contributed by atoms with Gasteiger partial charge in [-0.3, -0.25) is 4.79 Å². The van der Waals surface area contributed by atoms with Gasteiger partial charge in [-0.15, -0.1) is 0 Å². The lowest BCUT2D eigenvalue weighted by Crippen LogP contribution is -2.38. The average Bonchev–Trinajstić information content (AvgIpc) is 2.56. The second-order valence-electron chi connectivity index (χ2n) is 3.14. The first-order chi connectivity index (χ1) is 5.74. The van der Waals surface area contributed by atoms with Crippen molar-refractivity contribution in [2.24, 2.45) is 5.92 Å². The summed E-state index contributed by atoms with van der Waals surface area (Å²) in [6, 6.07) is 0.215. The smallest absolute Gasteiger partial charge is 0.229 e. The number of thiol groups is 1. The van der Waals surface area contributed by atoms with Crippen LogP contribution in [0.25, 0.3) is 0 Å². The summed E-state index contributed by atoms with van der Waals surface area (Å²) in [7, 11) is 0. The second-order valence-corrected chi connectivity index (χ2v) is 3.45. The highest BCUT2D eigenvalue weighted by molar-refractivity contribution is 7.81. The number of carbonyl (C=O) groups excluding carboxylic acids is 1. The fraction of sp³-hybridized carbons (Fsp3) is 0.875. The molecule has 1 N–H and O–H groups in total.